The second-order valence-corrected chi connectivity index (χ2v) is 7.11. The third-order valence-electron chi connectivity index (χ3n) is 4.98. The van der Waals surface area contributed by atoms with Crippen LogP contribution in [0.25, 0.3) is 0 Å². The fraction of sp³-hybridized carbons (Fsp3) is 0.867. The zero-order chi connectivity index (χ0) is 14.2. The summed E-state index contributed by atoms with van der Waals surface area (Å²) in [5.41, 5.74) is 0.339. The molecule has 2 atom stereocenters. The van der Waals surface area contributed by atoms with Crippen LogP contribution in [0.4, 0.5) is 5.95 Å². The largest absolute Gasteiger partial charge is 0.337 e. The zero-order valence-electron chi connectivity index (χ0n) is 12.9. The maximum atomic E-state index is 4.82. The van der Waals surface area contributed by atoms with Gasteiger partial charge < -0.3 is 10.2 Å². The highest BCUT2D eigenvalue weighted by Gasteiger charge is 2.35. The highest BCUT2D eigenvalue weighted by molar-refractivity contribution is 5.31. The summed E-state index contributed by atoms with van der Waals surface area (Å²) in [6.07, 6.45) is 5.19. The Morgan fingerprint density at radius 2 is 2.15 bits per heavy atom. The SMILES string of the molecule is C[C@@H]1CN(c2n[nH]c(C3CCCCC3(C)C)n2)CCN1. The van der Waals surface area contributed by atoms with Crippen molar-refractivity contribution in [2.75, 3.05) is 24.5 Å². The van der Waals surface area contributed by atoms with Gasteiger partial charge in [0.2, 0.25) is 5.95 Å². The summed E-state index contributed by atoms with van der Waals surface area (Å²) in [5, 5.41) is 11.2. The van der Waals surface area contributed by atoms with Gasteiger partial charge in [0.25, 0.3) is 0 Å². The van der Waals surface area contributed by atoms with Gasteiger partial charge in [-0.15, -0.1) is 5.10 Å². The number of aromatic amines is 1. The van der Waals surface area contributed by atoms with Gasteiger partial charge in [-0.25, -0.2) is 0 Å². The van der Waals surface area contributed by atoms with Crippen molar-refractivity contribution in [1.82, 2.24) is 20.5 Å². The van der Waals surface area contributed by atoms with Crippen LogP contribution in [0.3, 0.4) is 0 Å². The number of hydrogen-bond acceptors (Lipinski definition) is 4. The smallest absolute Gasteiger partial charge is 0.244 e. The molecule has 5 heteroatoms. The molecule has 1 saturated carbocycles. The predicted molar refractivity (Wildman–Crippen MR) is 81.1 cm³/mol. The van der Waals surface area contributed by atoms with Crippen molar-refractivity contribution in [2.45, 2.75) is 58.4 Å². The molecule has 0 spiro atoms. The first-order valence-electron chi connectivity index (χ1n) is 7.97. The molecule has 0 radical (unpaired) electrons. The molecular formula is C15H27N5. The first-order chi connectivity index (χ1) is 9.56. The fourth-order valence-electron chi connectivity index (χ4n) is 3.68. The number of nitrogens with one attached hydrogen (secondary N) is 2. The molecule has 0 amide bonds. The molecule has 3 rings (SSSR count). The van der Waals surface area contributed by atoms with Gasteiger partial charge in [0, 0.05) is 31.6 Å². The van der Waals surface area contributed by atoms with Crippen molar-refractivity contribution in [3.63, 3.8) is 0 Å². The second-order valence-electron chi connectivity index (χ2n) is 7.11. The van der Waals surface area contributed by atoms with Gasteiger partial charge in [-0.3, -0.25) is 5.10 Å². The molecule has 1 aromatic rings. The molecule has 0 aromatic carbocycles. The number of nitrogens with zero attached hydrogens (tertiary/aromatic N) is 3. The van der Waals surface area contributed by atoms with Gasteiger partial charge in [0.15, 0.2) is 0 Å². The molecule has 2 fully saturated rings. The van der Waals surface area contributed by atoms with Gasteiger partial charge in [-0.05, 0) is 25.2 Å². The summed E-state index contributed by atoms with van der Waals surface area (Å²) in [6, 6.07) is 0.511. The molecule has 1 aliphatic carbocycles. The van der Waals surface area contributed by atoms with Gasteiger partial charge in [0.05, 0.1) is 0 Å². The van der Waals surface area contributed by atoms with Gasteiger partial charge in [-0.2, -0.15) is 4.98 Å². The Labute approximate surface area is 121 Å². The Morgan fingerprint density at radius 1 is 1.30 bits per heavy atom. The number of anilines is 1. The minimum absolute atomic E-state index is 0.339. The van der Waals surface area contributed by atoms with Crippen LogP contribution in [-0.2, 0) is 0 Å². The van der Waals surface area contributed by atoms with E-state index in [1.165, 1.54) is 25.7 Å². The molecule has 1 aromatic heterocycles. The standard InChI is InChI=1S/C15H27N5/c1-11-10-20(9-8-16-11)14-17-13(18-19-14)12-6-4-5-7-15(12,2)3/h11-12,16H,4-10H2,1-3H3,(H,17,18,19)/t11-,12?/m1/s1. The zero-order valence-corrected chi connectivity index (χ0v) is 12.9. The molecule has 0 bridgehead atoms. The average Bonchev–Trinajstić information content (AvgIpc) is 2.87. The summed E-state index contributed by atoms with van der Waals surface area (Å²) in [7, 11) is 0. The van der Waals surface area contributed by atoms with E-state index in [-0.39, 0.29) is 0 Å². The fourth-order valence-corrected chi connectivity index (χ4v) is 3.68. The molecule has 1 saturated heterocycles. The molecule has 1 aliphatic heterocycles. The van der Waals surface area contributed by atoms with E-state index in [2.05, 4.69) is 41.2 Å². The Bertz CT molecular complexity index is 453. The normalized spacial score (nSPS) is 30.4. The van der Waals surface area contributed by atoms with Crippen molar-refractivity contribution in [3.8, 4) is 0 Å². The number of aromatic nitrogens is 3. The van der Waals surface area contributed by atoms with Crippen LogP contribution in [-0.4, -0.2) is 40.9 Å². The highest BCUT2D eigenvalue weighted by Crippen LogP contribution is 2.45. The lowest BCUT2D eigenvalue weighted by Crippen LogP contribution is -2.49. The summed E-state index contributed by atoms with van der Waals surface area (Å²) in [6.45, 7) is 9.95. The Kier molecular flexibility index (Phi) is 3.71. The van der Waals surface area contributed by atoms with Gasteiger partial charge in [-0.1, -0.05) is 26.7 Å². The third-order valence-corrected chi connectivity index (χ3v) is 4.98. The first-order valence-corrected chi connectivity index (χ1v) is 7.97. The van der Waals surface area contributed by atoms with Crippen LogP contribution in [0.15, 0.2) is 0 Å². The number of H-pyrrole nitrogens is 1. The lowest BCUT2D eigenvalue weighted by atomic mass is 9.68. The van der Waals surface area contributed by atoms with E-state index in [0.29, 0.717) is 17.4 Å². The summed E-state index contributed by atoms with van der Waals surface area (Å²) >= 11 is 0. The number of piperazine rings is 1. The van der Waals surface area contributed by atoms with E-state index in [9.17, 15) is 0 Å². The van der Waals surface area contributed by atoms with Crippen LogP contribution >= 0.6 is 0 Å². The lowest BCUT2D eigenvalue weighted by Gasteiger charge is -2.37. The maximum absolute atomic E-state index is 4.82. The van der Waals surface area contributed by atoms with Crippen LogP contribution in [0, 0.1) is 5.41 Å². The molecule has 2 heterocycles. The molecule has 2 N–H and O–H groups in total. The number of rotatable bonds is 2. The number of hydrogen-bond donors (Lipinski definition) is 2. The first kappa shape index (κ1) is 13.9. The van der Waals surface area contributed by atoms with E-state index in [1.54, 1.807) is 0 Å². The van der Waals surface area contributed by atoms with Crippen molar-refractivity contribution in [3.05, 3.63) is 5.82 Å². The van der Waals surface area contributed by atoms with E-state index in [4.69, 9.17) is 4.98 Å². The Balaban J connectivity index is 1.76. The minimum atomic E-state index is 0.339. The monoisotopic (exact) mass is 277 g/mol. The molecular weight excluding hydrogens is 250 g/mol. The quantitative estimate of drug-likeness (QED) is 0.871. The van der Waals surface area contributed by atoms with Crippen LogP contribution in [0.5, 0.6) is 0 Å². The second kappa shape index (κ2) is 5.35. The van der Waals surface area contributed by atoms with Crippen LogP contribution in [0.1, 0.15) is 58.2 Å². The minimum Gasteiger partial charge on any atom is -0.337 e. The molecule has 5 nitrogen and oxygen atoms in total. The van der Waals surface area contributed by atoms with E-state index in [1.807, 2.05) is 0 Å². The topological polar surface area (TPSA) is 56.8 Å². The lowest BCUT2D eigenvalue weighted by molar-refractivity contribution is 0.192. The molecule has 1 unspecified atom stereocenters. The van der Waals surface area contributed by atoms with E-state index >= 15 is 0 Å². The van der Waals surface area contributed by atoms with E-state index in [0.717, 1.165) is 31.4 Å². The third kappa shape index (κ3) is 2.68. The van der Waals surface area contributed by atoms with Gasteiger partial charge in [0.1, 0.15) is 5.82 Å². The predicted octanol–water partition coefficient (Wildman–Crippen LogP) is 2.29. The Morgan fingerprint density at radius 3 is 2.90 bits per heavy atom. The summed E-state index contributed by atoms with van der Waals surface area (Å²) < 4.78 is 0. The summed E-state index contributed by atoms with van der Waals surface area (Å²) in [5.74, 6) is 2.50. The van der Waals surface area contributed by atoms with E-state index < -0.39 is 0 Å². The van der Waals surface area contributed by atoms with Crippen molar-refractivity contribution in [1.29, 1.82) is 0 Å². The van der Waals surface area contributed by atoms with Crippen molar-refractivity contribution < 1.29 is 0 Å². The van der Waals surface area contributed by atoms with Crippen LogP contribution in [0.2, 0.25) is 0 Å². The molecule has 2 aliphatic rings. The van der Waals surface area contributed by atoms with Gasteiger partial charge >= 0.3 is 0 Å². The average molecular weight is 277 g/mol. The van der Waals surface area contributed by atoms with Crippen molar-refractivity contribution in [2.24, 2.45) is 5.41 Å². The highest BCUT2D eigenvalue weighted by atomic mass is 15.4. The van der Waals surface area contributed by atoms with Crippen molar-refractivity contribution >= 4 is 5.95 Å². The van der Waals surface area contributed by atoms with Crippen LogP contribution < -0.4 is 10.2 Å². The summed E-state index contributed by atoms with van der Waals surface area (Å²) in [4.78, 5) is 7.11. The Hall–Kier alpha value is -1.10. The molecule has 20 heavy (non-hydrogen) atoms. The molecule has 112 valence electrons. The maximum Gasteiger partial charge on any atom is 0.244 e.